The smallest absolute Gasteiger partial charge is 0.270 e. The maximum Gasteiger partial charge on any atom is 0.270 e. The summed E-state index contributed by atoms with van der Waals surface area (Å²) in [5.74, 6) is 0. The first-order valence-electron chi connectivity index (χ1n) is 6.36. The van der Waals surface area contributed by atoms with E-state index in [-0.39, 0.29) is 5.69 Å². The summed E-state index contributed by atoms with van der Waals surface area (Å²) in [6, 6.07) is 6.84. The van der Waals surface area contributed by atoms with Gasteiger partial charge in [0.1, 0.15) is 6.07 Å². The van der Waals surface area contributed by atoms with Gasteiger partial charge in [-0.3, -0.25) is 10.1 Å². The SMILES string of the molecule is N#Cc1cc([N+](=O)[O-])ccc1NCCC1CCCN1. The lowest BCUT2D eigenvalue weighted by atomic mass is 10.1. The molecule has 0 aromatic heterocycles. The molecule has 1 aliphatic rings. The summed E-state index contributed by atoms with van der Waals surface area (Å²) >= 11 is 0. The van der Waals surface area contributed by atoms with E-state index in [1.807, 2.05) is 6.07 Å². The van der Waals surface area contributed by atoms with Gasteiger partial charge in [0.25, 0.3) is 5.69 Å². The molecule has 2 rings (SSSR count). The van der Waals surface area contributed by atoms with Gasteiger partial charge >= 0.3 is 0 Å². The number of nitro benzene ring substituents is 1. The molecule has 0 spiro atoms. The Morgan fingerprint density at radius 2 is 2.42 bits per heavy atom. The lowest BCUT2D eigenvalue weighted by molar-refractivity contribution is -0.384. The van der Waals surface area contributed by atoms with Crippen molar-refractivity contribution in [1.29, 1.82) is 5.26 Å². The van der Waals surface area contributed by atoms with Crippen molar-refractivity contribution in [2.24, 2.45) is 0 Å². The minimum Gasteiger partial charge on any atom is -0.384 e. The molecular weight excluding hydrogens is 244 g/mol. The third-order valence-electron chi connectivity index (χ3n) is 3.31. The van der Waals surface area contributed by atoms with E-state index in [2.05, 4.69) is 10.6 Å². The van der Waals surface area contributed by atoms with Crippen molar-refractivity contribution in [3.05, 3.63) is 33.9 Å². The van der Waals surface area contributed by atoms with Crippen molar-refractivity contribution in [2.45, 2.75) is 25.3 Å². The monoisotopic (exact) mass is 260 g/mol. The van der Waals surface area contributed by atoms with Crippen LogP contribution in [0.1, 0.15) is 24.8 Å². The molecular formula is C13H16N4O2. The summed E-state index contributed by atoms with van der Waals surface area (Å²) in [5, 5.41) is 26.2. The number of nitrogens with zero attached hydrogens (tertiary/aromatic N) is 2. The molecule has 1 heterocycles. The highest BCUT2D eigenvalue weighted by molar-refractivity contribution is 5.61. The standard InChI is InChI=1S/C13H16N4O2/c14-9-10-8-12(17(18)19)3-4-13(10)16-7-5-11-2-1-6-15-11/h3-4,8,11,15-16H,1-2,5-7H2. The molecule has 0 radical (unpaired) electrons. The number of hydrogen-bond acceptors (Lipinski definition) is 5. The second-order valence-corrected chi connectivity index (χ2v) is 4.61. The zero-order valence-corrected chi connectivity index (χ0v) is 10.6. The Bertz CT molecular complexity index is 504. The van der Waals surface area contributed by atoms with Crippen LogP contribution in [0.3, 0.4) is 0 Å². The number of nitrogens with one attached hydrogen (secondary N) is 2. The average Bonchev–Trinajstić information content (AvgIpc) is 2.92. The number of nitriles is 1. The van der Waals surface area contributed by atoms with Gasteiger partial charge in [-0.15, -0.1) is 0 Å². The Hall–Kier alpha value is -2.13. The first-order valence-corrected chi connectivity index (χ1v) is 6.36. The van der Waals surface area contributed by atoms with Crippen molar-refractivity contribution < 1.29 is 4.92 Å². The Morgan fingerprint density at radius 3 is 3.05 bits per heavy atom. The predicted octanol–water partition coefficient (Wildman–Crippen LogP) is 2.02. The Balaban J connectivity index is 1.95. The molecule has 0 bridgehead atoms. The van der Waals surface area contributed by atoms with Crippen LogP contribution in [0.25, 0.3) is 0 Å². The Morgan fingerprint density at radius 1 is 1.58 bits per heavy atom. The predicted molar refractivity (Wildman–Crippen MR) is 71.9 cm³/mol. The normalized spacial score (nSPS) is 17.9. The average molecular weight is 260 g/mol. The first kappa shape index (κ1) is 13.3. The molecule has 0 aliphatic carbocycles. The van der Waals surface area contributed by atoms with Crippen LogP contribution < -0.4 is 10.6 Å². The number of non-ortho nitro benzene ring substituents is 1. The molecule has 6 nitrogen and oxygen atoms in total. The van der Waals surface area contributed by atoms with Gasteiger partial charge in [0.05, 0.1) is 16.2 Å². The van der Waals surface area contributed by atoms with Gasteiger partial charge in [0.2, 0.25) is 0 Å². The van der Waals surface area contributed by atoms with E-state index >= 15 is 0 Å². The molecule has 1 aromatic carbocycles. The first-order chi connectivity index (χ1) is 9.20. The summed E-state index contributed by atoms with van der Waals surface area (Å²) in [6.45, 7) is 1.83. The zero-order chi connectivity index (χ0) is 13.7. The number of hydrogen-bond donors (Lipinski definition) is 2. The number of anilines is 1. The maximum atomic E-state index is 10.6. The maximum absolute atomic E-state index is 10.6. The molecule has 1 fully saturated rings. The van der Waals surface area contributed by atoms with Crippen LogP contribution in [0.15, 0.2) is 18.2 Å². The van der Waals surface area contributed by atoms with E-state index in [4.69, 9.17) is 5.26 Å². The highest BCUT2D eigenvalue weighted by atomic mass is 16.6. The molecule has 100 valence electrons. The van der Waals surface area contributed by atoms with Gasteiger partial charge in [-0.2, -0.15) is 5.26 Å². The number of benzene rings is 1. The van der Waals surface area contributed by atoms with Gasteiger partial charge in [-0.05, 0) is 31.9 Å². The molecule has 1 saturated heterocycles. The fourth-order valence-electron chi connectivity index (χ4n) is 2.28. The molecule has 0 saturated carbocycles. The van der Waals surface area contributed by atoms with E-state index in [1.165, 1.54) is 25.0 Å². The highest BCUT2D eigenvalue weighted by Crippen LogP contribution is 2.21. The molecule has 0 amide bonds. The quantitative estimate of drug-likeness (QED) is 0.624. The van der Waals surface area contributed by atoms with Crippen molar-refractivity contribution in [2.75, 3.05) is 18.4 Å². The van der Waals surface area contributed by atoms with Gasteiger partial charge < -0.3 is 10.6 Å². The molecule has 1 unspecified atom stereocenters. The lowest BCUT2D eigenvalue weighted by Gasteiger charge is -2.12. The van der Waals surface area contributed by atoms with Crippen LogP contribution >= 0.6 is 0 Å². The van der Waals surface area contributed by atoms with Crippen LogP contribution in [0.2, 0.25) is 0 Å². The fourth-order valence-corrected chi connectivity index (χ4v) is 2.28. The summed E-state index contributed by atoms with van der Waals surface area (Å²) in [5.41, 5.74) is 0.916. The third kappa shape index (κ3) is 3.42. The van der Waals surface area contributed by atoms with Crippen molar-refractivity contribution >= 4 is 11.4 Å². The van der Waals surface area contributed by atoms with Crippen molar-refractivity contribution in [1.82, 2.24) is 5.32 Å². The summed E-state index contributed by atoms with van der Waals surface area (Å²) in [4.78, 5) is 10.1. The van der Waals surface area contributed by atoms with Crippen LogP contribution in [0.5, 0.6) is 0 Å². The van der Waals surface area contributed by atoms with Crippen LogP contribution in [-0.2, 0) is 0 Å². The van der Waals surface area contributed by atoms with Gasteiger partial charge in [0.15, 0.2) is 0 Å². The third-order valence-corrected chi connectivity index (χ3v) is 3.31. The van der Waals surface area contributed by atoms with Crippen molar-refractivity contribution in [3.8, 4) is 6.07 Å². The number of nitro groups is 1. The Kier molecular flexibility index (Phi) is 4.31. The van der Waals surface area contributed by atoms with Crippen LogP contribution in [0.4, 0.5) is 11.4 Å². The number of rotatable bonds is 5. The van der Waals surface area contributed by atoms with Crippen LogP contribution in [0, 0.1) is 21.4 Å². The van der Waals surface area contributed by atoms with E-state index < -0.39 is 4.92 Å². The molecule has 1 aromatic rings. The van der Waals surface area contributed by atoms with Gasteiger partial charge in [-0.1, -0.05) is 0 Å². The van der Waals surface area contributed by atoms with Gasteiger partial charge in [-0.25, -0.2) is 0 Å². The largest absolute Gasteiger partial charge is 0.384 e. The second kappa shape index (κ2) is 6.16. The van der Waals surface area contributed by atoms with Crippen molar-refractivity contribution in [3.63, 3.8) is 0 Å². The Labute approximate surface area is 111 Å². The lowest BCUT2D eigenvalue weighted by Crippen LogP contribution is -2.24. The summed E-state index contributed by atoms with van der Waals surface area (Å²) in [7, 11) is 0. The second-order valence-electron chi connectivity index (χ2n) is 4.61. The van der Waals surface area contributed by atoms with E-state index in [9.17, 15) is 10.1 Å². The van der Waals surface area contributed by atoms with E-state index in [1.54, 1.807) is 6.07 Å². The van der Waals surface area contributed by atoms with Crippen LogP contribution in [-0.4, -0.2) is 24.1 Å². The van der Waals surface area contributed by atoms with E-state index in [0.29, 0.717) is 17.3 Å². The highest BCUT2D eigenvalue weighted by Gasteiger charge is 2.14. The molecule has 1 atom stereocenters. The molecule has 2 N–H and O–H groups in total. The molecule has 1 aliphatic heterocycles. The topological polar surface area (TPSA) is 91.0 Å². The zero-order valence-electron chi connectivity index (χ0n) is 10.6. The summed E-state index contributed by atoms with van der Waals surface area (Å²) < 4.78 is 0. The minimum atomic E-state index is -0.493. The molecule has 6 heteroatoms. The van der Waals surface area contributed by atoms with Gasteiger partial charge in [0, 0.05) is 24.7 Å². The fraction of sp³-hybridized carbons (Fsp3) is 0.462. The minimum absolute atomic E-state index is 0.0560. The summed E-state index contributed by atoms with van der Waals surface area (Å²) in [6.07, 6.45) is 3.39. The molecule has 19 heavy (non-hydrogen) atoms. The van der Waals surface area contributed by atoms with E-state index in [0.717, 1.165) is 19.5 Å².